The number of rotatable bonds is 4. The smallest absolute Gasteiger partial charge is 0.151 e. The van der Waals surface area contributed by atoms with Crippen molar-refractivity contribution in [1.29, 1.82) is 0 Å². The zero-order chi connectivity index (χ0) is 9.56. The van der Waals surface area contributed by atoms with Crippen LogP contribution in [0.25, 0.3) is 0 Å². The Morgan fingerprint density at radius 2 is 2.33 bits per heavy atom. The van der Waals surface area contributed by atoms with Crippen molar-refractivity contribution in [2.24, 2.45) is 10.7 Å². The predicted molar refractivity (Wildman–Crippen MR) is 49.9 cm³/mol. The first-order chi connectivity index (χ1) is 5.65. The number of alkyl halides is 1. The molecule has 0 amide bonds. The Balaban J connectivity index is 4.43. The Hall–Kier alpha value is -0.740. The van der Waals surface area contributed by atoms with Crippen molar-refractivity contribution >= 4 is 5.71 Å². The van der Waals surface area contributed by atoms with Gasteiger partial charge in [0.1, 0.15) is 6.67 Å². The summed E-state index contributed by atoms with van der Waals surface area (Å²) in [7, 11) is 1.68. The fourth-order valence-corrected chi connectivity index (χ4v) is 0.641. The molecule has 0 aliphatic carbocycles. The average molecular weight is 173 g/mol. The minimum Gasteiger partial charge on any atom is -0.297 e. The van der Waals surface area contributed by atoms with Crippen LogP contribution in [0.4, 0.5) is 4.39 Å². The average Bonchev–Trinajstić information content (AvgIpc) is 2.12. The Labute approximate surface area is 72.6 Å². The van der Waals surface area contributed by atoms with E-state index in [0.717, 1.165) is 5.57 Å². The van der Waals surface area contributed by atoms with E-state index in [4.69, 9.17) is 5.73 Å². The Morgan fingerprint density at radius 3 is 2.67 bits per heavy atom. The minimum atomic E-state index is -0.578. The number of hydrogen-bond donors (Lipinski definition) is 2. The molecule has 12 heavy (non-hydrogen) atoms. The van der Waals surface area contributed by atoms with Crippen molar-refractivity contribution in [3.8, 4) is 0 Å². The standard InChI is InChI=1S/C8H16FN3/c1-4-6(2)7(5-9)12-8(10)11-3/h4,8,11H,5,10H2,1-3H3/b6-4-,12-7?. The normalized spacial score (nSPS) is 16.4. The zero-order valence-corrected chi connectivity index (χ0v) is 7.76. The van der Waals surface area contributed by atoms with Gasteiger partial charge < -0.3 is 0 Å². The van der Waals surface area contributed by atoms with Crippen molar-refractivity contribution in [2.75, 3.05) is 13.7 Å². The second-order valence-electron chi connectivity index (χ2n) is 2.41. The lowest BCUT2D eigenvalue weighted by atomic mass is 10.2. The molecular formula is C8H16FN3. The number of hydrogen-bond acceptors (Lipinski definition) is 3. The van der Waals surface area contributed by atoms with E-state index in [9.17, 15) is 4.39 Å². The van der Waals surface area contributed by atoms with E-state index in [0.29, 0.717) is 5.71 Å². The molecule has 0 aliphatic rings. The van der Waals surface area contributed by atoms with Crippen molar-refractivity contribution in [2.45, 2.75) is 20.1 Å². The summed E-state index contributed by atoms with van der Waals surface area (Å²) in [5.41, 5.74) is 6.67. The van der Waals surface area contributed by atoms with Gasteiger partial charge in [0.2, 0.25) is 0 Å². The predicted octanol–water partition coefficient (Wildman–Crippen LogP) is 0.825. The highest BCUT2D eigenvalue weighted by molar-refractivity contribution is 6.00. The van der Waals surface area contributed by atoms with Crippen LogP contribution < -0.4 is 11.1 Å². The van der Waals surface area contributed by atoms with Gasteiger partial charge in [-0.05, 0) is 26.5 Å². The van der Waals surface area contributed by atoms with Crippen LogP contribution >= 0.6 is 0 Å². The van der Waals surface area contributed by atoms with Gasteiger partial charge in [-0.25, -0.2) is 4.39 Å². The third-order valence-electron chi connectivity index (χ3n) is 1.61. The Bertz CT molecular complexity index is 187. The van der Waals surface area contributed by atoms with E-state index in [1.165, 1.54) is 0 Å². The minimum absolute atomic E-state index is 0.402. The first kappa shape index (κ1) is 11.3. The zero-order valence-electron chi connectivity index (χ0n) is 7.76. The van der Waals surface area contributed by atoms with Gasteiger partial charge in [-0.3, -0.25) is 16.0 Å². The second-order valence-corrected chi connectivity index (χ2v) is 2.41. The van der Waals surface area contributed by atoms with E-state index in [2.05, 4.69) is 10.3 Å². The molecule has 70 valence electrons. The molecule has 0 aromatic carbocycles. The number of allylic oxidation sites excluding steroid dienone is 2. The van der Waals surface area contributed by atoms with Gasteiger partial charge in [0.05, 0.1) is 5.71 Å². The summed E-state index contributed by atoms with van der Waals surface area (Å²) in [6, 6.07) is 0. The summed E-state index contributed by atoms with van der Waals surface area (Å²) >= 11 is 0. The number of nitrogens with two attached hydrogens (primary N) is 1. The van der Waals surface area contributed by atoms with Crippen molar-refractivity contribution in [3.63, 3.8) is 0 Å². The van der Waals surface area contributed by atoms with Crippen LogP contribution in [0, 0.1) is 0 Å². The van der Waals surface area contributed by atoms with Crippen LogP contribution in [-0.4, -0.2) is 25.7 Å². The number of nitrogens with zero attached hydrogens (tertiary/aromatic N) is 1. The molecule has 0 spiro atoms. The Kier molecular flexibility index (Phi) is 5.49. The summed E-state index contributed by atoms with van der Waals surface area (Å²) in [6.45, 7) is 3.07. The molecule has 0 aromatic rings. The number of halogens is 1. The summed E-state index contributed by atoms with van der Waals surface area (Å²) in [4.78, 5) is 3.92. The largest absolute Gasteiger partial charge is 0.297 e. The lowest BCUT2D eigenvalue weighted by molar-refractivity contribution is 0.565. The topological polar surface area (TPSA) is 50.4 Å². The third kappa shape index (κ3) is 3.59. The number of nitrogens with one attached hydrogen (secondary N) is 1. The van der Waals surface area contributed by atoms with Gasteiger partial charge in [-0.2, -0.15) is 0 Å². The summed E-state index contributed by atoms with van der Waals surface area (Å²) < 4.78 is 12.3. The van der Waals surface area contributed by atoms with Gasteiger partial charge in [0, 0.05) is 0 Å². The molecule has 1 unspecified atom stereocenters. The van der Waals surface area contributed by atoms with Crippen LogP contribution in [0.15, 0.2) is 16.6 Å². The van der Waals surface area contributed by atoms with Gasteiger partial charge in [0.15, 0.2) is 6.29 Å². The van der Waals surface area contributed by atoms with Crippen LogP contribution in [0.5, 0.6) is 0 Å². The molecule has 0 rings (SSSR count). The van der Waals surface area contributed by atoms with Crippen LogP contribution in [0.1, 0.15) is 13.8 Å². The molecule has 0 fully saturated rings. The number of aliphatic imine (C=N–C) groups is 1. The Morgan fingerprint density at radius 1 is 1.75 bits per heavy atom. The molecule has 0 bridgehead atoms. The first-order valence-electron chi connectivity index (χ1n) is 3.84. The molecule has 0 aliphatic heterocycles. The summed E-state index contributed by atoms with van der Waals surface area (Å²) in [5, 5.41) is 2.71. The molecule has 1 atom stereocenters. The quantitative estimate of drug-likeness (QED) is 0.488. The molecule has 0 saturated carbocycles. The van der Waals surface area contributed by atoms with Crippen molar-refractivity contribution in [1.82, 2.24) is 5.32 Å². The molecule has 0 aromatic heterocycles. The highest BCUT2D eigenvalue weighted by Gasteiger charge is 2.02. The van der Waals surface area contributed by atoms with E-state index >= 15 is 0 Å². The maximum Gasteiger partial charge on any atom is 0.151 e. The fourth-order valence-electron chi connectivity index (χ4n) is 0.641. The van der Waals surface area contributed by atoms with Gasteiger partial charge in [-0.1, -0.05) is 6.08 Å². The molecule has 0 radical (unpaired) electrons. The van der Waals surface area contributed by atoms with E-state index < -0.39 is 13.0 Å². The van der Waals surface area contributed by atoms with E-state index in [-0.39, 0.29) is 0 Å². The van der Waals surface area contributed by atoms with Crippen molar-refractivity contribution < 1.29 is 4.39 Å². The first-order valence-corrected chi connectivity index (χ1v) is 3.84. The lowest BCUT2D eigenvalue weighted by Crippen LogP contribution is -2.33. The van der Waals surface area contributed by atoms with E-state index in [1.54, 1.807) is 20.0 Å². The van der Waals surface area contributed by atoms with Crippen LogP contribution in [-0.2, 0) is 0 Å². The SMILES string of the molecule is C/C=C(/C)C(CF)=NC(N)NC. The molecule has 4 heteroatoms. The molecule has 3 N–H and O–H groups in total. The van der Waals surface area contributed by atoms with E-state index in [1.807, 2.05) is 6.92 Å². The molecular weight excluding hydrogens is 157 g/mol. The van der Waals surface area contributed by atoms with Gasteiger partial charge >= 0.3 is 0 Å². The van der Waals surface area contributed by atoms with Crippen LogP contribution in [0.2, 0.25) is 0 Å². The molecule has 0 heterocycles. The highest BCUT2D eigenvalue weighted by Crippen LogP contribution is 1.98. The van der Waals surface area contributed by atoms with Crippen LogP contribution in [0.3, 0.4) is 0 Å². The monoisotopic (exact) mass is 173 g/mol. The summed E-state index contributed by atoms with van der Waals surface area (Å²) in [6.07, 6.45) is 1.28. The maximum atomic E-state index is 12.3. The summed E-state index contributed by atoms with van der Waals surface area (Å²) in [5.74, 6) is 0. The van der Waals surface area contributed by atoms with Gasteiger partial charge in [0.25, 0.3) is 0 Å². The second kappa shape index (κ2) is 5.85. The maximum absolute atomic E-state index is 12.3. The third-order valence-corrected chi connectivity index (χ3v) is 1.61. The molecule has 0 saturated heterocycles. The molecule has 3 nitrogen and oxygen atoms in total. The highest BCUT2D eigenvalue weighted by atomic mass is 19.1. The van der Waals surface area contributed by atoms with Crippen molar-refractivity contribution in [3.05, 3.63) is 11.6 Å². The fraction of sp³-hybridized carbons (Fsp3) is 0.625. The lowest BCUT2D eigenvalue weighted by Gasteiger charge is -2.07. The van der Waals surface area contributed by atoms with Gasteiger partial charge in [-0.15, -0.1) is 0 Å².